The highest BCUT2D eigenvalue weighted by Crippen LogP contribution is 2.23. The lowest BCUT2D eigenvalue weighted by atomic mass is 10.1. The summed E-state index contributed by atoms with van der Waals surface area (Å²) in [7, 11) is 0. The molecule has 4 nitrogen and oxygen atoms in total. The zero-order valence-corrected chi connectivity index (χ0v) is 14.8. The highest BCUT2D eigenvalue weighted by Gasteiger charge is 2.13. The molecule has 0 bridgehead atoms. The third-order valence-electron chi connectivity index (χ3n) is 3.83. The van der Waals surface area contributed by atoms with Crippen molar-refractivity contribution in [1.82, 2.24) is 14.9 Å². The number of carbonyl (C=O) groups is 1. The number of aromatic nitrogens is 2. The molecule has 0 radical (unpaired) electrons. The molecular weight excluding hydrogens is 330 g/mol. The van der Waals surface area contributed by atoms with Crippen molar-refractivity contribution in [2.75, 3.05) is 12.3 Å². The minimum Gasteiger partial charge on any atom is -0.354 e. The van der Waals surface area contributed by atoms with E-state index < -0.39 is 0 Å². The summed E-state index contributed by atoms with van der Waals surface area (Å²) in [5, 5.41) is 3.85. The number of hydrogen-bond donors (Lipinski definition) is 1. The number of para-hydroxylation sites is 2. The van der Waals surface area contributed by atoms with Crippen LogP contribution >= 0.6 is 11.8 Å². The van der Waals surface area contributed by atoms with E-state index in [-0.39, 0.29) is 12.5 Å². The summed E-state index contributed by atoms with van der Waals surface area (Å²) in [6.07, 6.45) is 2.67. The Hall–Kier alpha value is -2.53. The second-order valence-electron chi connectivity index (χ2n) is 5.65. The minimum atomic E-state index is -0.000428. The van der Waals surface area contributed by atoms with Crippen LogP contribution in [0.2, 0.25) is 0 Å². The van der Waals surface area contributed by atoms with Gasteiger partial charge in [0.2, 0.25) is 5.91 Å². The molecule has 0 spiro atoms. The van der Waals surface area contributed by atoms with Crippen molar-refractivity contribution in [1.29, 1.82) is 0 Å². The molecule has 0 fully saturated rings. The standard InChI is InChI=1S/C20H21N3OS/c1-2-14-25-20-22-17-10-6-7-11-18(17)23(20)15-19(24)21-13-12-16-8-4-3-5-9-16/h2-11H,1,12-15H2,(H,21,24). The van der Waals surface area contributed by atoms with Crippen molar-refractivity contribution >= 4 is 28.7 Å². The van der Waals surface area contributed by atoms with Gasteiger partial charge in [0.1, 0.15) is 6.54 Å². The molecule has 3 rings (SSSR count). The summed E-state index contributed by atoms with van der Waals surface area (Å²) < 4.78 is 1.97. The maximum Gasteiger partial charge on any atom is 0.240 e. The van der Waals surface area contributed by atoms with Gasteiger partial charge < -0.3 is 9.88 Å². The van der Waals surface area contributed by atoms with Gasteiger partial charge >= 0.3 is 0 Å². The number of rotatable bonds is 8. The molecule has 1 heterocycles. The van der Waals surface area contributed by atoms with E-state index in [9.17, 15) is 4.79 Å². The molecule has 0 aliphatic rings. The molecule has 0 saturated carbocycles. The van der Waals surface area contributed by atoms with Gasteiger partial charge in [0.05, 0.1) is 11.0 Å². The summed E-state index contributed by atoms with van der Waals surface area (Å²) in [5.41, 5.74) is 3.11. The molecule has 1 aromatic heterocycles. The van der Waals surface area contributed by atoms with Gasteiger partial charge in [-0.05, 0) is 24.1 Å². The van der Waals surface area contributed by atoms with E-state index in [1.165, 1.54) is 5.56 Å². The van der Waals surface area contributed by atoms with Gasteiger partial charge in [0.15, 0.2) is 5.16 Å². The average Bonchev–Trinajstić information content (AvgIpc) is 2.98. The van der Waals surface area contributed by atoms with Crippen LogP contribution in [0.25, 0.3) is 11.0 Å². The lowest BCUT2D eigenvalue weighted by Gasteiger charge is -2.09. The van der Waals surface area contributed by atoms with Crippen molar-refractivity contribution in [3.05, 3.63) is 72.8 Å². The maximum absolute atomic E-state index is 12.4. The van der Waals surface area contributed by atoms with Crippen LogP contribution < -0.4 is 5.32 Å². The van der Waals surface area contributed by atoms with Crippen LogP contribution in [0.1, 0.15) is 5.56 Å². The average molecular weight is 351 g/mol. The molecule has 0 atom stereocenters. The Morgan fingerprint density at radius 3 is 2.72 bits per heavy atom. The second kappa shape index (κ2) is 8.53. The second-order valence-corrected chi connectivity index (χ2v) is 6.64. The molecule has 5 heteroatoms. The fourth-order valence-corrected chi connectivity index (χ4v) is 3.39. The third kappa shape index (κ3) is 4.51. The number of amides is 1. The summed E-state index contributed by atoms with van der Waals surface area (Å²) >= 11 is 1.59. The summed E-state index contributed by atoms with van der Waals surface area (Å²) in [6, 6.07) is 18.1. The smallest absolute Gasteiger partial charge is 0.240 e. The van der Waals surface area contributed by atoms with E-state index in [4.69, 9.17) is 0 Å². The van der Waals surface area contributed by atoms with Gasteiger partial charge in [-0.2, -0.15) is 0 Å². The number of benzene rings is 2. The van der Waals surface area contributed by atoms with Crippen molar-refractivity contribution in [2.24, 2.45) is 0 Å². The Bertz CT molecular complexity index is 858. The number of thioether (sulfide) groups is 1. The van der Waals surface area contributed by atoms with Crippen LogP contribution in [-0.4, -0.2) is 27.8 Å². The lowest BCUT2D eigenvalue weighted by Crippen LogP contribution is -2.29. The molecule has 128 valence electrons. The molecule has 1 N–H and O–H groups in total. The summed E-state index contributed by atoms with van der Waals surface area (Å²) in [4.78, 5) is 17.0. The van der Waals surface area contributed by atoms with Crippen LogP contribution in [0.4, 0.5) is 0 Å². The first-order valence-electron chi connectivity index (χ1n) is 8.27. The van der Waals surface area contributed by atoms with Crippen molar-refractivity contribution in [3.8, 4) is 0 Å². The number of fused-ring (bicyclic) bond motifs is 1. The SMILES string of the molecule is C=CCSc1nc2ccccc2n1CC(=O)NCCc1ccccc1. The zero-order valence-electron chi connectivity index (χ0n) is 14.0. The van der Waals surface area contributed by atoms with Crippen LogP contribution in [0, 0.1) is 0 Å². The van der Waals surface area contributed by atoms with Gasteiger partial charge in [-0.3, -0.25) is 4.79 Å². The number of nitrogens with one attached hydrogen (secondary N) is 1. The van der Waals surface area contributed by atoms with Gasteiger partial charge in [0.25, 0.3) is 0 Å². The van der Waals surface area contributed by atoms with Gasteiger partial charge in [-0.15, -0.1) is 6.58 Å². The minimum absolute atomic E-state index is 0.000428. The number of hydrogen-bond acceptors (Lipinski definition) is 3. The van der Waals surface area contributed by atoms with E-state index in [2.05, 4.69) is 29.0 Å². The molecule has 0 saturated heterocycles. The van der Waals surface area contributed by atoms with Gasteiger partial charge in [-0.25, -0.2) is 4.98 Å². The molecule has 0 aliphatic carbocycles. The molecule has 1 amide bonds. The van der Waals surface area contributed by atoms with Crippen LogP contribution in [0.3, 0.4) is 0 Å². The predicted molar refractivity (Wildman–Crippen MR) is 104 cm³/mol. The Kier molecular flexibility index (Phi) is 5.90. The first-order chi connectivity index (χ1) is 12.3. The Morgan fingerprint density at radius 2 is 1.92 bits per heavy atom. The zero-order chi connectivity index (χ0) is 17.5. The fourth-order valence-electron chi connectivity index (χ4n) is 2.64. The lowest BCUT2D eigenvalue weighted by molar-refractivity contribution is -0.121. The number of nitrogens with zero attached hydrogens (tertiary/aromatic N) is 2. The van der Waals surface area contributed by atoms with Crippen LogP contribution in [-0.2, 0) is 17.8 Å². The monoisotopic (exact) mass is 351 g/mol. The van der Waals surface area contributed by atoms with Crippen LogP contribution in [0.5, 0.6) is 0 Å². The van der Waals surface area contributed by atoms with E-state index in [0.29, 0.717) is 6.54 Å². The van der Waals surface area contributed by atoms with Crippen molar-refractivity contribution < 1.29 is 4.79 Å². The van der Waals surface area contributed by atoms with E-state index in [0.717, 1.165) is 28.4 Å². The molecule has 0 aliphatic heterocycles. The third-order valence-corrected chi connectivity index (χ3v) is 4.80. The topological polar surface area (TPSA) is 46.9 Å². The molecule has 25 heavy (non-hydrogen) atoms. The Balaban J connectivity index is 1.66. The molecular formula is C20H21N3OS. The van der Waals surface area contributed by atoms with Crippen LogP contribution in [0.15, 0.2) is 72.4 Å². The number of carbonyl (C=O) groups excluding carboxylic acids is 1. The van der Waals surface area contributed by atoms with E-state index >= 15 is 0 Å². The Labute approximate surface area is 152 Å². The fraction of sp³-hybridized carbons (Fsp3) is 0.200. The first-order valence-corrected chi connectivity index (χ1v) is 9.26. The van der Waals surface area contributed by atoms with Gasteiger partial charge in [-0.1, -0.05) is 60.3 Å². The molecule has 2 aromatic carbocycles. The highest BCUT2D eigenvalue weighted by atomic mass is 32.2. The maximum atomic E-state index is 12.4. The summed E-state index contributed by atoms with van der Waals surface area (Å²) in [5.74, 6) is 0.762. The molecule has 0 unspecified atom stereocenters. The molecule has 3 aromatic rings. The number of imidazole rings is 1. The van der Waals surface area contributed by atoms with Crippen molar-refractivity contribution in [3.63, 3.8) is 0 Å². The predicted octanol–water partition coefficient (Wildman–Crippen LogP) is 3.67. The summed E-state index contributed by atoms with van der Waals surface area (Å²) in [6.45, 7) is 4.65. The van der Waals surface area contributed by atoms with E-state index in [1.54, 1.807) is 11.8 Å². The normalized spacial score (nSPS) is 10.7. The Morgan fingerprint density at radius 1 is 1.16 bits per heavy atom. The quantitative estimate of drug-likeness (QED) is 0.497. The van der Waals surface area contributed by atoms with Crippen molar-refractivity contribution in [2.45, 2.75) is 18.1 Å². The largest absolute Gasteiger partial charge is 0.354 e. The van der Waals surface area contributed by atoms with E-state index in [1.807, 2.05) is 53.1 Å². The highest BCUT2D eigenvalue weighted by molar-refractivity contribution is 7.99. The first kappa shape index (κ1) is 17.3. The van der Waals surface area contributed by atoms with Gasteiger partial charge in [0, 0.05) is 12.3 Å².